The Kier molecular flexibility index (Phi) is 3.76. The molecule has 0 aliphatic heterocycles. The van der Waals surface area contributed by atoms with Crippen LogP contribution >= 0.6 is 15.9 Å². The Hall–Kier alpha value is -1.23. The third kappa shape index (κ3) is 2.92. The minimum absolute atomic E-state index is 0.127. The lowest BCUT2D eigenvalue weighted by Gasteiger charge is -2.04. The number of rotatable bonds is 3. The van der Waals surface area contributed by atoms with Crippen LogP contribution in [0.1, 0.15) is 5.56 Å². The molecule has 0 aliphatic carbocycles. The van der Waals surface area contributed by atoms with E-state index in [0.29, 0.717) is 6.54 Å². The van der Waals surface area contributed by atoms with Gasteiger partial charge in [-0.2, -0.15) is 0 Å². The van der Waals surface area contributed by atoms with Crippen LogP contribution in [-0.4, -0.2) is 21.5 Å². The molecule has 0 bridgehead atoms. The van der Waals surface area contributed by atoms with Crippen molar-refractivity contribution in [3.05, 3.63) is 23.8 Å². The van der Waals surface area contributed by atoms with Gasteiger partial charge in [0, 0.05) is 6.54 Å². The van der Waals surface area contributed by atoms with E-state index in [1.54, 1.807) is 6.07 Å². The molecule has 1 aromatic rings. The second kappa shape index (κ2) is 4.85. The summed E-state index contributed by atoms with van der Waals surface area (Å²) < 4.78 is 0. The van der Waals surface area contributed by atoms with Crippen molar-refractivity contribution < 1.29 is 15.0 Å². The van der Waals surface area contributed by atoms with Crippen LogP contribution < -0.4 is 5.32 Å². The van der Waals surface area contributed by atoms with Crippen molar-refractivity contribution >= 4 is 21.8 Å². The SMILES string of the molecule is O=C(CBr)NCc1ccc(O)c(O)c1. The Morgan fingerprint density at radius 1 is 1.36 bits per heavy atom. The van der Waals surface area contributed by atoms with Gasteiger partial charge in [0.15, 0.2) is 11.5 Å². The van der Waals surface area contributed by atoms with E-state index < -0.39 is 0 Å². The topological polar surface area (TPSA) is 69.6 Å². The van der Waals surface area contributed by atoms with Crippen LogP contribution in [0.25, 0.3) is 0 Å². The highest BCUT2D eigenvalue weighted by molar-refractivity contribution is 9.09. The van der Waals surface area contributed by atoms with Crippen LogP contribution in [0.5, 0.6) is 11.5 Å². The zero-order chi connectivity index (χ0) is 10.6. The summed E-state index contributed by atoms with van der Waals surface area (Å²) in [5, 5.41) is 21.0. The number of aromatic hydroxyl groups is 2. The maximum Gasteiger partial charge on any atom is 0.230 e. The Morgan fingerprint density at radius 2 is 2.07 bits per heavy atom. The molecule has 0 aromatic heterocycles. The summed E-state index contributed by atoms with van der Waals surface area (Å²) in [6, 6.07) is 4.42. The molecule has 0 fully saturated rings. The average Bonchev–Trinajstić information content (AvgIpc) is 2.19. The predicted octanol–water partition coefficient (Wildman–Crippen LogP) is 1.11. The minimum Gasteiger partial charge on any atom is -0.504 e. The summed E-state index contributed by atoms with van der Waals surface area (Å²) in [5.74, 6) is -0.478. The van der Waals surface area contributed by atoms with Gasteiger partial charge in [-0.1, -0.05) is 22.0 Å². The summed E-state index contributed by atoms with van der Waals surface area (Å²) in [6.45, 7) is 0.332. The summed E-state index contributed by atoms with van der Waals surface area (Å²) in [4.78, 5) is 10.9. The van der Waals surface area contributed by atoms with E-state index in [-0.39, 0.29) is 22.7 Å². The number of alkyl halides is 1. The summed E-state index contributed by atoms with van der Waals surface area (Å²) >= 11 is 3.01. The maximum atomic E-state index is 10.9. The van der Waals surface area contributed by atoms with Gasteiger partial charge < -0.3 is 15.5 Å². The smallest absolute Gasteiger partial charge is 0.230 e. The van der Waals surface area contributed by atoms with E-state index in [1.807, 2.05) is 0 Å². The highest BCUT2D eigenvalue weighted by Gasteiger charge is 2.02. The van der Waals surface area contributed by atoms with Crippen molar-refractivity contribution in [3.8, 4) is 11.5 Å². The third-order valence-corrected chi connectivity index (χ3v) is 2.16. The number of hydrogen-bond donors (Lipinski definition) is 3. The first kappa shape index (κ1) is 10.8. The highest BCUT2D eigenvalue weighted by atomic mass is 79.9. The molecule has 1 amide bonds. The Labute approximate surface area is 89.7 Å². The van der Waals surface area contributed by atoms with Crippen LogP contribution in [0, 0.1) is 0 Å². The van der Waals surface area contributed by atoms with E-state index in [9.17, 15) is 4.79 Å². The highest BCUT2D eigenvalue weighted by Crippen LogP contribution is 2.24. The minimum atomic E-state index is -0.185. The number of phenols is 2. The normalized spacial score (nSPS) is 9.79. The van der Waals surface area contributed by atoms with Crippen molar-refractivity contribution in [2.45, 2.75) is 6.54 Å². The van der Waals surface area contributed by atoms with Gasteiger partial charge in [-0.15, -0.1) is 0 Å². The van der Waals surface area contributed by atoms with Crippen LogP contribution in [0.4, 0.5) is 0 Å². The van der Waals surface area contributed by atoms with Crippen molar-refractivity contribution in [1.82, 2.24) is 5.32 Å². The Bertz CT molecular complexity index is 341. The number of hydrogen-bond acceptors (Lipinski definition) is 3. The number of carbonyl (C=O) groups is 1. The molecule has 0 unspecified atom stereocenters. The van der Waals surface area contributed by atoms with Crippen molar-refractivity contribution in [2.75, 3.05) is 5.33 Å². The number of phenolic OH excluding ortho intramolecular Hbond substituents is 2. The Balaban J connectivity index is 2.60. The van der Waals surface area contributed by atoms with Crippen molar-refractivity contribution in [3.63, 3.8) is 0 Å². The van der Waals surface area contributed by atoms with E-state index in [1.165, 1.54) is 12.1 Å². The second-order valence-corrected chi connectivity index (χ2v) is 3.29. The number of halogens is 1. The van der Waals surface area contributed by atoms with Crippen LogP contribution in [0.3, 0.4) is 0 Å². The van der Waals surface area contributed by atoms with Gasteiger partial charge in [0.2, 0.25) is 5.91 Å². The average molecular weight is 260 g/mol. The van der Waals surface area contributed by atoms with Gasteiger partial charge in [0.05, 0.1) is 5.33 Å². The zero-order valence-electron chi connectivity index (χ0n) is 7.33. The first-order valence-electron chi connectivity index (χ1n) is 3.97. The molecule has 0 spiro atoms. The second-order valence-electron chi connectivity index (χ2n) is 2.73. The lowest BCUT2D eigenvalue weighted by molar-refractivity contribution is -0.118. The first-order chi connectivity index (χ1) is 6.63. The summed E-state index contributed by atoms with van der Waals surface area (Å²) in [6.07, 6.45) is 0. The number of amides is 1. The molecule has 0 aliphatic rings. The fourth-order valence-corrected chi connectivity index (χ4v) is 1.13. The molecule has 0 saturated heterocycles. The van der Waals surface area contributed by atoms with Crippen LogP contribution in [0.2, 0.25) is 0 Å². The molecule has 1 rings (SSSR count). The molecule has 3 N–H and O–H groups in total. The molecule has 14 heavy (non-hydrogen) atoms. The van der Waals surface area contributed by atoms with E-state index >= 15 is 0 Å². The first-order valence-corrected chi connectivity index (χ1v) is 5.09. The molecular weight excluding hydrogens is 250 g/mol. The molecule has 0 radical (unpaired) electrons. The van der Waals surface area contributed by atoms with Crippen LogP contribution in [-0.2, 0) is 11.3 Å². The largest absolute Gasteiger partial charge is 0.504 e. The quantitative estimate of drug-likeness (QED) is 0.563. The number of carbonyl (C=O) groups excluding carboxylic acids is 1. The van der Waals surface area contributed by atoms with Gasteiger partial charge in [-0.25, -0.2) is 0 Å². The maximum absolute atomic E-state index is 10.9. The fraction of sp³-hybridized carbons (Fsp3) is 0.222. The number of nitrogens with one attached hydrogen (secondary N) is 1. The van der Waals surface area contributed by atoms with Crippen LogP contribution in [0.15, 0.2) is 18.2 Å². The van der Waals surface area contributed by atoms with Crippen molar-refractivity contribution in [1.29, 1.82) is 0 Å². The third-order valence-electron chi connectivity index (χ3n) is 1.65. The monoisotopic (exact) mass is 259 g/mol. The Morgan fingerprint density at radius 3 is 2.64 bits per heavy atom. The van der Waals surface area contributed by atoms with E-state index in [0.717, 1.165) is 5.56 Å². The van der Waals surface area contributed by atoms with Gasteiger partial charge in [0.1, 0.15) is 0 Å². The molecule has 0 heterocycles. The van der Waals surface area contributed by atoms with Gasteiger partial charge in [0.25, 0.3) is 0 Å². The van der Waals surface area contributed by atoms with E-state index in [2.05, 4.69) is 21.2 Å². The fourth-order valence-electron chi connectivity index (χ4n) is 0.927. The standard InChI is InChI=1S/C9H10BrNO3/c10-4-9(14)11-5-6-1-2-7(12)8(13)3-6/h1-3,12-13H,4-5H2,(H,11,14). The van der Waals surface area contributed by atoms with Gasteiger partial charge in [-0.3, -0.25) is 4.79 Å². The molecule has 76 valence electrons. The molecule has 5 heteroatoms. The predicted molar refractivity (Wildman–Crippen MR) is 55.4 cm³/mol. The molecule has 0 saturated carbocycles. The number of benzene rings is 1. The lowest BCUT2D eigenvalue weighted by Crippen LogP contribution is -2.23. The van der Waals surface area contributed by atoms with Gasteiger partial charge >= 0.3 is 0 Å². The molecule has 1 aromatic carbocycles. The van der Waals surface area contributed by atoms with Gasteiger partial charge in [-0.05, 0) is 17.7 Å². The molecule has 0 atom stereocenters. The summed E-state index contributed by atoms with van der Waals surface area (Å²) in [5.41, 5.74) is 0.731. The van der Waals surface area contributed by atoms with E-state index in [4.69, 9.17) is 10.2 Å². The molecular formula is C9H10BrNO3. The molecule has 4 nitrogen and oxygen atoms in total. The summed E-state index contributed by atoms with van der Waals surface area (Å²) in [7, 11) is 0. The van der Waals surface area contributed by atoms with Crippen molar-refractivity contribution in [2.24, 2.45) is 0 Å². The zero-order valence-corrected chi connectivity index (χ0v) is 8.91. The lowest BCUT2D eigenvalue weighted by atomic mass is 10.2.